The molecule has 0 heterocycles. The molecule has 1 saturated carbocycles. The van der Waals surface area contributed by atoms with Crippen LogP contribution in [0.3, 0.4) is 0 Å². The molecule has 1 N–H and O–H groups in total. The molecule has 2 aromatic rings. The van der Waals surface area contributed by atoms with Crippen LogP contribution < -0.4 is 29.3 Å². The van der Waals surface area contributed by atoms with E-state index in [2.05, 4.69) is 5.32 Å². The van der Waals surface area contributed by atoms with Crippen LogP contribution in [-0.2, 0) is 26.0 Å². The maximum atomic E-state index is 13.3. The number of thioether (sulfide) groups is 1. The minimum atomic E-state index is -3.30. The van der Waals surface area contributed by atoms with Crippen LogP contribution >= 0.6 is 11.8 Å². The number of sulfone groups is 1. The molecular formula is C31H42LiNO6S2. The van der Waals surface area contributed by atoms with Crippen molar-refractivity contribution in [3.8, 4) is 11.1 Å². The van der Waals surface area contributed by atoms with Crippen molar-refractivity contribution in [2.45, 2.75) is 83.3 Å². The SMILES string of the molecule is CCS(=O)(=O)C(C1CCCCC1)C(C)OCc1ccc(C(=O)N[C@@H](CCSC)C(=O)[O-])c(-c2ccccc2C)c1.[Li+]. The number of aryl methyl sites for hydroxylation is 1. The van der Waals surface area contributed by atoms with Crippen LogP contribution in [-0.4, -0.2) is 55.5 Å². The molecule has 10 heteroatoms. The molecule has 3 atom stereocenters. The third kappa shape index (κ3) is 9.62. The fraction of sp³-hybridized carbons (Fsp3) is 0.548. The zero-order chi connectivity index (χ0) is 29.3. The van der Waals surface area contributed by atoms with Gasteiger partial charge in [0.25, 0.3) is 5.91 Å². The average Bonchev–Trinajstić information content (AvgIpc) is 2.94. The van der Waals surface area contributed by atoms with Crippen molar-refractivity contribution in [3.05, 3.63) is 59.2 Å². The van der Waals surface area contributed by atoms with Crippen molar-refractivity contribution < 1.29 is 46.7 Å². The van der Waals surface area contributed by atoms with Gasteiger partial charge in [-0.05, 0) is 85.4 Å². The van der Waals surface area contributed by atoms with Crippen molar-refractivity contribution in [2.24, 2.45) is 5.92 Å². The predicted molar refractivity (Wildman–Crippen MR) is 160 cm³/mol. The van der Waals surface area contributed by atoms with Crippen molar-refractivity contribution in [1.82, 2.24) is 5.32 Å². The first-order chi connectivity index (χ1) is 19.1. The third-order valence-electron chi connectivity index (χ3n) is 7.87. The van der Waals surface area contributed by atoms with Gasteiger partial charge in [0.05, 0.1) is 30.0 Å². The Morgan fingerprint density at radius 3 is 2.39 bits per heavy atom. The Bertz CT molecular complexity index is 1260. The molecule has 41 heavy (non-hydrogen) atoms. The van der Waals surface area contributed by atoms with Crippen LogP contribution in [0.25, 0.3) is 11.1 Å². The van der Waals surface area contributed by atoms with E-state index in [1.165, 1.54) is 11.8 Å². The van der Waals surface area contributed by atoms with E-state index in [0.717, 1.165) is 48.8 Å². The van der Waals surface area contributed by atoms with Crippen molar-refractivity contribution in [2.75, 3.05) is 17.8 Å². The molecule has 1 fully saturated rings. The Hall–Kier alpha value is -1.76. The number of aliphatic carboxylic acids is 1. The van der Waals surface area contributed by atoms with E-state index in [0.29, 0.717) is 16.9 Å². The minimum Gasteiger partial charge on any atom is -0.548 e. The number of carbonyl (C=O) groups is 2. The van der Waals surface area contributed by atoms with Gasteiger partial charge in [-0.1, -0.05) is 56.5 Å². The van der Waals surface area contributed by atoms with Gasteiger partial charge >= 0.3 is 18.9 Å². The topological polar surface area (TPSA) is 113 Å². The maximum Gasteiger partial charge on any atom is 1.00 e. The largest absolute Gasteiger partial charge is 1.00 e. The van der Waals surface area contributed by atoms with Gasteiger partial charge in [0.2, 0.25) is 0 Å². The number of carbonyl (C=O) groups excluding carboxylic acids is 2. The van der Waals surface area contributed by atoms with E-state index >= 15 is 0 Å². The summed E-state index contributed by atoms with van der Waals surface area (Å²) in [7, 11) is -3.30. The number of hydrogen-bond donors (Lipinski definition) is 1. The molecule has 0 bridgehead atoms. The van der Waals surface area contributed by atoms with E-state index in [9.17, 15) is 23.1 Å². The second-order valence-corrected chi connectivity index (χ2v) is 14.1. The average molecular weight is 596 g/mol. The summed E-state index contributed by atoms with van der Waals surface area (Å²) in [5.74, 6) is -1.03. The van der Waals surface area contributed by atoms with Crippen LogP contribution in [0.2, 0.25) is 0 Å². The van der Waals surface area contributed by atoms with E-state index < -0.39 is 39.1 Å². The second-order valence-electron chi connectivity index (χ2n) is 10.7. The summed E-state index contributed by atoms with van der Waals surface area (Å²) in [5.41, 5.74) is 3.64. The van der Waals surface area contributed by atoms with Gasteiger partial charge in [-0.15, -0.1) is 0 Å². The summed E-state index contributed by atoms with van der Waals surface area (Å²) in [6.07, 6.45) is 6.72. The Morgan fingerprint density at radius 1 is 1.10 bits per heavy atom. The van der Waals surface area contributed by atoms with Crippen LogP contribution in [0, 0.1) is 12.8 Å². The van der Waals surface area contributed by atoms with E-state index in [1.54, 1.807) is 19.1 Å². The van der Waals surface area contributed by atoms with Crippen molar-refractivity contribution >= 4 is 33.5 Å². The summed E-state index contributed by atoms with van der Waals surface area (Å²) in [4.78, 5) is 25.0. The standard InChI is InChI=1S/C31H43NO6S2.Li/c1-5-40(36,37)29(24-12-7-6-8-13-24)22(3)38-20-23-15-16-26(27(19-23)25-14-10-9-11-21(25)2)30(33)32-28(31(34)35)17-18-39-4;/h9-11,14-16,19,22,24,28-29H,5-8,12-13,17-18,20H2,1-4H3,(H,32,33)(H,34,35);/q;+1/p-1/t22?,28-,29?;/m0./s1. The molecule has 0 aromatic heterocycles. The number of carboxylic acids is 1. The second kappa shape index (κ2) is 16.8. The van der Waals surface area contributed by atoms with Crippen LogP contribution in [0.15, 0.2) is 42.5 Å². The van der Waals surface area contributed by atoms with Gasteiger partial charge < -0.3 is 20.0 Å². The van der Waals surface area contributed by atoms with Crippen LogP contribution in [0.1, 0.15) is 73.9 Å². The first-order valence-corrected chi connectivity index (χ1v) is 17.2. The molecule has 0 spiro atoms. The monoisotopic (exact) mass is 595 g/mol. The summed E-state index contributed by atoms with van der Waals surface area (Å²) >= 11 is 1.50. The normalized spacial score (nSPS) is 16.3. The molecule has 1 amide bonds. The number of rotatable bonds is 14. The molecule has 0 radical (unpaired) electrons. The Morgan fingerprint density at radius 2 is 1.78 bits per heavy atom. The summed E-state index contributed by atoms with van der Waals surface area (Å²) in [6.45, 7) is 5.70. The zero-order valence-corrected chi connectivity index (χ0v) is 26.6. The molecule has 0 saturated heterocycles. The number of amides is 1. The van der Waals surface area contributed by atoms with Gasteiger partial charge in [0, 0.05) is 11.3 Å². The summed E-state index contributed by atoms with van der Waals surface area (Å²) < 4.78 is 32.4. The number of hydrogen-bond acceptors (Lipinski definition) is 7. The maximum absolute atomic E-state index is 13.3. The van der Waals surface area contributed by atoms with Gasteiger partial charge in [0.1, 0.15) is 0 Å². The zero-order valence-electron chi connectivity index (χ0n) is 25.0. The van der Waals surface area contributed by atoms with Crippen molar-refractivity contribution in [1.29, 1.82) is 0 Å². The number of carboxylic acid groups (broad SMARTS) is 1. The van der Waals surface area contributed by atoms with Gasteiger partial charge in [-0.2, -0.15) is 11.8 Å². The van der Waals surface area contributed by atoms with E-state index in [-0.39, 0.29) is 43.6 Å². The Labute approximate surface area is 261 Å². The molecule has 1 aliphatic carbocycles. The predicted octanol–water partition coefficient (Wildman–Crippen LogP) is 1.56. The number of ether oxygens (including phenoxy) is 1. The van der Waals surface area contributed by atoms with E-state index in [4.69, 9.17) is 4.74 Å². The van der Waals surface area contributed by atoms with Crippen molar-refractivity contribution in [3.63, 3.8) is 0 Å². The molecule has 0 aliphatic heterocycles. The smallest absolute Gasteiger partial charge is 0.548 e. The van der Waals surface area contributed by atoms with E-state index in [1.807, 2.05) is 50.4 Å². The first kappa shape index (κ1) is 35.4. The Balaban J connectivity index is 0.00000588. The molecule has 220 valence electrons. The molecule has 2 aromatic carbocycles. The third-order valence-corrected chi connectivity index (χ3v) is 10.9. The molecule has 2 unspecified atom stereocenters. The summed E-state index contributed by atoms with van der Waals surface area (Å²) in [6, 6.07) is 11.9. The fourth-order valence-corrected chi connectivity index (χ4v) is 8.02. The molecule has 3 rings (SSSR count). The molecular weight excluding hydrogens is 553 g/mol. The molecule has 1 aliphatic rings. The number of nitrogens with one attached hydrogen (secondary N) is 1. The number of benzene rings is 2. The van der Waals surface area contributed by atoms with Crippen LogP contribution in [0.4, 0.5) is 0 Å². The summed E-state index contributed by atoms with van der Waals surface area (Å²) in [5, 5.41) is 13.7. The fourth-order valence-electron chi connectivity index (χ4n) is 5.64. The van der Waals surface area contributed by atoms with Crippen LogP contribution in [0.5, 0.6) is 0 Å². The minimum absolute atomic E-state index is 0. The van der Waals surface area contributed by atoms with Gasteiger partial charge in [-0.25, -0.2) is 8.42 Å². The molecule has 7 nitrogen and oxygen atoms in total. The van der Waals surface area contributed by atoms with Gasteiger partial charge in [0.15, 0.2) is 9.84 Å². The van der Waals surface area contributed by atoms with Gasteiger partial charge in [-0.3, -0.25) is 4.79 Å². The first-order valence-electron chi connectivity index (χ1n) is 14.1. The quantitative estimate of drug-likeness (QED) is 0.330. The Kier molecular flexibility index (Phi) is 14.5.